The SMILES string of the molecule is CC[C@H](C)C[C@@H](C)C(=O)OC. The van der Waals surface area contributed by atoms with E-state index in [4.69, 9.17) is 0 Å². The van der Waals surface area contributed by atoms with Crippen molar-refractivity contribution in [3.05, 3.63) is 0 Å². The van der Waals surface area contributed by atoms with Crippen LogP contribution in [0.4, 0.5) is 0 Å². The van der Waals surface area contributed by atoms with E-state index >= 15 is 0 Å². The van der Waals surface area contributed by atoms with E-state index in [0.29, 0.717) is 5.92 Å². The summed E-state index contributed by atoms with van der Waals surface area (Å²) in [6.45, 7) is 6.20. The monoisotopic (exact) mass is 158 g/mol. The zero-order valence-electron chi connectivity index (χ0n) is 7.89. The van der Waals surface area contributed by atoms with Crippen LogP contribution in [0.25, 0.3) is 0 Å². The molecule has 0 bridgehead atoms. The van der Waals surface area contributed by atoms with Crippen LogP contribution in [0.3, 0.4) is 0 Å². The maximum absolute atomic E-state index is 10.9. The molecule has 0 saturated carbocycles. The molecule has 0 amide bonds. The van der Waals surface area contributed by atoms with Crippen LogP contribution in [0, 0.1) is 11.8 Å². The second kappa shape index (κ2) is 5.16. The number of rotatable bonds is 4. The summed E-state index contributed by atoms with van der Waals surface area (Å²) in [5.41, 5.74) is 0. The zero-order valence-corrected chi connectivity index (χ0v) is 7.89. The average molecular weight is 158 g/mol. The van der Waals surface area contributed by atoms with Gasteiger partial charge in [-0.2, -0.15) is 0 Å². The van der Waals surface area contributed by atoms with Crippen molar-refractivity contribution in [3.8, 4) is 0 Å². The summed E-state index contributed by atoms with van der Waals surface area (Å²) in [6, 6.07) is 0. The highest BCUT2D eigenvalue weighted by Gasteiger charge is 2.15. The molecule has 2 nitrogen and oxygen atoms in total. The van der Waals surface area contributed by atoms with E-state index in [-0.39, 0.29) is 11.9 Å². The van der Waals surface area contributed by atoms with Gasteiger partial charge in [0, 0.05) is 0 Å². The Balaban J connectivity index is 3.67. The van der Waals surface area contributed by atoms with Gasteiger partial charge in [-0.3, -0.25) is 4.79 Å². The molecule has 0 radical (unpaired) electrons. The van der Waals surface area contributed by atoms with Gasteiger partial charge in [0.05, 0.1) is 13.0 Å². The van der Waals surface area contributed by atoms with Crippen LogP contribution in [0.15, 0.2) is 0 Å². The molecule has 2 atom stereocenters. The van der Waals surface area contributed by atoms with Crippen LogP contribution in [-0.4, -0.2) is 13.1 Å². The molecule has 0 rings (SSSR count). The summed E-state index contributed by atoms with van der Waals surface area (Å²) < 4.78 is 4.62. The Hall–Kier alpha value is -0.530. The molecule has 11 heavy (non-hydrogen) atoms. The van der Waals surface area contributed by atoms with E-state index in [1.54, 1.807) is 0 Å². The van der Waals surface area contributed by atoms with Gasteiger partial charge in [0.2, 0.25) is 0 Å². The number of ether oxygens (including phenoxy) is 1. The minimum absolute atomic E-state index is 0.0509. The predicted octanol–water partition coefficient (Wildman–Crippen LogP) is 2.23. The molecule has 0 unspecified atom stereocenters. The summed E-state index contributed by atoms with van der Waals surface area (Å²) in [4.78, 5) is 10.9. The van der Waals surface area contributed by atoms with E-state index in [0.717, 1.165) is 12.8 Å². The van der Waals surface area contributed by atoms with E-state index < -0.39 is 0 Å². The molecule has 0 heterocycles. The van der Waals surface area contributed by atoms with Crippen molar-refractivity contribution in [1.29, 1.82) is 0 Å². The summed E-state index contributed by atoms with van der Waals surface area (Å²) in [5.74, 6) is 0.573. The quantitative estimate of drug-likeness (QED) is 0.586. The van der Waals surface area contributed by atoms with Crippen molar-refractivity contribution in [2.45, 2.75) is 33.6 Å². The average Bonchev–Trinajstić information content (AvgIpc) is 2.02. The number of methoxy groups -OCH3 is 1. The van der Waals surface area contributed by atoms with Gasteiger partial charge < -0.3 is 4.74 Å². The highest BCUT2D eigenvalue weighted by Crippen LogP contribution is 2.15. The summed E-state index contributed by atoms with van der Waals surface area (Å²) in [6.07, 6.45) is 2.06. The Labute approximate surface area is 68.9 Å². The molecule has 0 N–H and O–H groups in total. The first-order valence-corrected chi connectivity index (χ1v) is 4.19. The van der Waals surface area contributed by atoms with Gasteiger partial charge in [0.25, 0.3) is 0 Å². The van der Waals surface area contributed by atoms with Crippen molar-refractivity contribution in [1.82, 2.24) is 0 Å². The summed E-state index contributed by atoms with van der Waals surface area (Å²) in [5, 5.41) is 0. The maximum atomic E-state index is 10.9. The van der Waals surface area contributed by atoms with Crippen molar-refractivity contribution in [2.24, 2.45) is 11.8 Å². The lowest BCUT2D eigenvalue weighted by Gasteiger charge is -2.12. The normalized spacial score (nSPS) is 15.6. The highest BCUT2D eigenvalue weighted by molar-refractivity contribution is 5.71. The van der Waals surface area contributed by atoms with Crippen LogP contribution >= 0.6 is 0 Å². The van der Waals surface area contributed by atoms with Gasteiger partial charge in [-0.1, -0.05) is 27.2 Å². The number of hydrogen-bond acceptors (Lipinski definition) is 2. The Kier molecular flexibility index (Phi) is 4.92. The highest BCUT2D eigenvalue weighted by atomic mass is 16.5. The van der Waals surface area contributed by atoms with Gasteiger partial charge in [-0.25, -0.2) is 0 Å². The number of hydrogen-bond donors (Lipinski definition) is 0. The summed E-state index contributed by atoms with van der Waals surface area (Å²) in [7, 11) is 1.44. The van der Waals surface area contributed by atoms with Gasteiger partial charge in [-0.15, -0.1) is 0 Å². The number of carbonyl (C=O) groups is 1. The van der Waals surface area contributed by atoms with Gasteiger partial charge in [-0.05, 0) is 12.3 Å². The lowest BCUT2D eigenvalue weighted by molar-refractivity contribution is -0.145. The van der Waals surface area contributed by atoms with E-state index in [1.165, 1.54) is 7.11 Å². The van der Waals surface area contributed by atoms with Gasteiger partial charge in [0.15, 0.2) is 0 Å². The lowest BCUT2D eigenvalue weighted by Crippen LogP contribution is -2.15. The molecule has 66 valence electrons. The second-order valence-electron chi connectivity index (χ2n) is 3.17. The van der Waals surface area contributed by atoms with E-state index in [9.17, 15) is 4.79 Å². The molecule has 0 aromatic carbocycles. The standard InChI is InChI=1S/C9H18O2/c1-5-7(2)6-8(3)9(10)11-4/h7-8H,5-6H2,1-4H3/t7-,8+/m0/s1. The molecule has 0 aliphatic carbocycles. The maximum Gasteiger partial charge on any atom is 0.308 e. The third-order valence-corrected chi connectivity index (χ3v) is 2.06. The third-order valence-electron chi connectivity index (χ3n) is 2.06. The Morgan fingerprint density at radius 2 is 2.00 bits per heavy atom. The molecule has 0 saturated heterocycles. The van der Waals surface area contributed by atoms with Crippen molar-refractivity contribution in [2.75, 3.05) is 7.11 Å². The first-order valence-electron chi connectivity index (χ1n) is 4.19. The van der Waals surface area contributed by atoms with Crippen LogP contribution in [0.5, 0.6) is 0 Å². The number of carbonyl (C=O) groups excluding carboxylic acids is 1. The molecule has 0 aromatic rings. The molecule has 0 spiro atoms. The Morgan fingerprint density at radius 3 is 2.36 bits per heavy atom. The first kappa shape index (κ1) is 10.5. The van der Waals surface area contributed by atoms with Gasteiger partial charge >= 0.3 is 5.97 Å². The number of esters is 1. The second-order valence-corrected chi connectivity index (χ2v) is 3.17. The molecule has 0 fully saturated rings. The fourth-order valence-corrected chi connectivity index (χ4v) is 1.07. The van der Waals surface area contributed by atoms with Gasteiger partial charge in [0.1, 0.15) is 0 Å². The molecule has 0 aliphatic rings. The van der Waals surface area contributed by atoms with Crippen LogP contribution in [-0.2, 0) is 9.53 Å². The molecule has 2 heteroatoms. The Morgan fingerprint density at radius 1 is 1.45 bits per heavy atom. The summed E-state index contributed by atoms with van der Waals surface area (Å²) >= 11 is 0. The fourth-order valence-electron chi connectivity index (χ4n) is 1.07. The minimum Gasteiger partial charge on any atom is -0.469 e. The topological polar surface area (TPSA) is 26.3 Å². The molecular weight excluding hydrogens is 140 g/mol. The first-order chi connectivity index (χ1) is 5.11. The Bertz CT molecular complexity index is 121. The molecule has 0 aromatic heterocycles. The zero-order chi connectivity index (χ0) is 8.85. The largest absolute Gasteiger partial charge is 0.469 e. The smallest absolute Gasteiger partial charge is 0.308 e. The van der Waals surface area contributed by atoms with Crippen molar-refractivity contribution in [3.63, 3.8) is 0 Å². The van der Waals surface area contributed by atoms with Crippen LogP contribution < -0.4 is 0 Å². The molecular formula is C9H18O2. The molecule has 0 aliphatic heterocycles. The van der Waals surface area contributed by atoms with Crippen LogP contribution in [0.2, 0.25) is 0 Å². The van der Waals surface area contributed by atoms with Crippen molar-refractivity contribution >= 4 is 5.97 Å². The van der Waals surface area contributed by atoms with E-state index in [1.807, 2.05) is 6.92 Å². The minimum atomic E-state index is -0.0923. The lowest BCUT2D eigenvalue weighted by atomic mass is 9.96. The van der Waals surface area contributed by atoms with E-state index in [2.05, 4.69) is 18.6 Å². The van der Waals surface area contributed by atoms with Crippen LogP contribution in [0.1, 0.15) is 33.6 Å². The fraction of sp³-hybridized carbons (Fsp3) is 0.889. The predicted molar refractivity (Wildman–Crippen MR) is 45.3 cm³/mol. The third kappa shape index (κ3) is 4.02. The van der Waals surface area contributed by atoms with Crippen molar-refractivity contribution < 1.29 is 9.53 Å².